The molecule has 0 saturated carbocycles. The van der Waals surface area contributed by atoms with Crippen molar-refractivity contribution in [3.8, 4) is 11.1 Å². The van der Waals surface area contributed by atoms with Crippen molar-refractivity contribution in [1.29, 1.82) is 0 Å². The maximum Gasteiger partial charge on any atom is 0.411 e. The van der Waals surface area contributed by atoms with Crippen molar-refractivity contribution in [2.24, 2.45) is 11.7 Å². The van der Waals surface area contributed by atoms with E-state index < -0.39 is 18.2 Å². The van der Waals surface area contributed by atoms with E-state index in [2.05, 4.69) is 24.3 Å². The zero-order valence-corrected chi connectivity index (χ0v) is 18.2. The molecule has 0 radical (unpaired) electrons. The van der Waals surface area contributed by atoms with Crippen LogP contribution < -0.4 is 5.73 Å². The van der Waals surface area contributed by atoms with Gasteiger partial charge < -0.3 is 15.2 Å². The smallest absolute Gasteiger partial charge is 0.411 e. The Labute approximate surface area is 192 Å². The topological polar surface area (TPSA) is 81.9 Å². The zero-order valence-electron chi connectivity index (χ0n) is 18.2. The molecule has 2 aliphatic rings. The zero-order chi connectivity index (χ0) is 22.8. The molecule has 6 nitrogen and oxygen atoms in total. The van der Waals surface area contributed by atoms with Crippen molar-refractivity contribution in [3.63, 3.8) is 0 Å². The van der Waals surface area contributed by atoms with Gasteiger partial charge in [0, 0.05) is 12.5 Å². The van der Waals surface area contributed by atoms with Crippen molar-refractivity contribution in [1.82, 2.24) is 4.90 Å². The van der Waals surface area contributed by atoms with Crippen LogP contribution in [0.15, 0.2) is 78.9 Å². The molecule has 1 heterocycles. The van der Waals surface area contributed by atoms with Crippen LogP contribution in [-0.4, -0.2) is 36.3 Å². The predicted molar refractivity (Wildman–Crippen MR) is 124 cm³/mol. The van der Waals surface area contributed by atoms with E-state index >= 15 is 0 Å². The van der Waals surface area contributed by atoms with Crippen LogP contribution >= 0.6 is 0 Å². The van der Waals surface area contributed by atoms with Gasteiger partial charge in [-0.15, -0.1) is 0 Å². The summed E-state index contributed by atoms with van der Waals surface area (Å²) < 4.78 is 11.1. The number of hydrogen-bond donors (Lipinski definition) is 1. The third-order valence-corrected chi connectivity index (χ3v) is 6.55. The second-order valence-electron chi connectivity index (χ2n) is 8.48. The molecule has 6 heteroatoms. The van der Waals surface area contributed by atoms with Crippen molar-refractivity contribution in [2.45, 2.75) is 25.1 Å². The van der Waals surface area contributed by atoms with E-state index in [1.165, 1.54) is 16.0 Å². The Morgan fingerprint density at radius 3 is 2.12 bits per heavy atom. The van der Waals surface area contributed by atoms with Gasteiger partial charge in [-0.2, -0.15) is 0 Å². The van der Waals surface area contributed by atoms with Gasteiger partial charge in [0.05, 0.1) is 12.1 Å². The first-order valence-electron chi connectivity index (χ1n) is 11.2. The summed E-state index contributed by atoms with van der Waals surface area (Å²) in [4.78, 5) is 26.8. The first kappa shape index (κ1) is 21.2. The van der Waals surface area contributed by atoms with Crippen molar-refractivity contribution < 1.29 is 19.1 Å². The highest BCUT2D eigenvalue weighted by Crippen LogP contribution is 2.44. The molecule has 0 spiro atoms. The summed E-state index contributed by atoms with van der Waals surface area (Å²) in [5.74, 6) is -0.949. The van der Waals surface area contributed by atoms with Crippen LogP contribution in [0.3, 0.4) is 0 Å². The maximum absolute atomic E-state index is 12.9. The van der Waals surface area contributed by atoms with Gasteiger partial charge in [0.1, 0.15) is 13.2 Å². The number of ether oxygens (including phenoxy) is 2. The second kappa shape index (κ2) is 9.08. The normalized spacial score (nSPS) is 19.1. The maximum atomic E-state index is 12.9. The fourth-order valence-corrected chi connectivity index (χ4v) is 4.80. The summed E-state index contributed by atoms with van der Waals surface area (Å²) in [6.07, 6.45) is -0.817. The molecular weight excluding hydrogens is 416 g/mol. The first-order chi connectivity index (χ1) is 16.1. The number of nitrogens with two attached hydrogens (primary N) is 1. The molecule has 168 valence electrons. The Bertz CT molecular complexity index is 1120. The number of nitrogens with zero attached hydrogens (tertiary/aromatic N) is 1. The molecule has 1 saturated heterocycles. The number of carbonyl (C=O) groups is 2. The summed E-state index contributed by atoms with van der Waals surface area (Å²) in [6.45, 7) is 0.774. The molecule has 0 aromatic heterocycles. The fraction of sp³-hybridized carbons (Fsp3) is 0.259. The minimum atomic E-state index is -0.760. The van der Waals surface area contributed by atoms with E-state index in [-0.39, 0.29) is 25.1 Å². The average molecular weight is 443 g/mol. The lowest BCUT2D eigenvalue weighted by Gasteiger charge is -2.23. The largest absolute Gasteiger partial charge is 0.464 e. The van der Waals surface area contributed by atoms with Crippen LogP contribution in [-0.2, 0) is 20.9 Å². The minimum Gasteiger partial charge on any atom is -0.464 e. The standard InChI is InChI=1S/C27H26N2O4/c28-25-23(14-15-29(25)27(31)33-16-18-8-2-1-3-9-18)26(30)32-17-24-21-12-6-4-10-19(21)20-11-5-7-13-22(20)24/h1-13,23-25H,14-17,28H2. The number of carbonyl (C=O) groups excluding carboxylic acids is 2. The monoisotopic (exact) mass is 442 g/mol. The molecule has 0 bridgehead atoms. The van der Waals surface area contributed by atoms with E-state index in [9.17, 15) is 9.59 Å². The molecule has 5 rings (SSSR count). The molecule has 1 amide bonds. The number of esters is 1. The molecule has 2 atom stereocenters. The molecule has 2 unspecified atom stereocenters. The van der Waals surface area contributed by atoms with Crippen molar-refractivity contribution >= 4 is 12.1 Å². The number of rotatable bonds is 5. The van der Waals surface area contributed by atoms with Gasteiger partial charge in [0.25, 0.3) is 0 Å². The van der Waals surface area contributed by atoms with E-state index in [0.717, 1.165) is 16.7 Å². The number of fused-ring (bicyclic) bond motifs is 3. The summed E-state index contributed by atoms with van der Waals surface area (Å²) in [6, 6.07) is 25.9. The van der Waals surface area contributed by atoms with E-state index in [1.807, 2.05) is 54.6 Å². The van der Waals surface area contributed by atoms with Gasteiger partial charge in [0.15, 0.2) is 0 Å². The van der Waals surface area contributed by atoms with Crippen LogP contribution in [0.1, 0.15) is 29.0 Å². The Hall–Kier alpha value is -3.64. The quantitative estimate of drug-likeness (QED) is 0.597. The van der Waals surface area contributed by atoms with Crippen LogP contribution in [0.4, 0.5) is 4.79 Å². The van der Waals surface area contributed by atoms with Gasteiger partial charge in [0.2, 0.25) is 0 Å². The highest BCUT2D eigenvalue weighted by Gasteiger charge is 2.41. The number of likely N-dealkylation sites (tertiary alicyclic amines) is 1. The van der Waals surface area contributed by atoms with Crippen LogP contribution in [0, 0.1) is 5.92 Å². The van der Waals surface area contributed by atoms with Crippen molar-refractivity contribution in [2.75, 3.05) is 13.2 Å². The van der Waals surface area contributed by atoms with Gasteiger partial charge in [-0.3, -0.25) is 9.69 Å². The molecule has 2 N–H and O–H groups in total. The lowest BCUT2D eigenvalue weighted by atomic mass is 9.98. The lowest BCUT2D eigenvalue weighted by Crippen LogP contribution is -2.46. The average Bonchev–Trinajstić information content (AvgIpc) is 3.40. The van der Waals surface area contributed by atoms with Gasteiger partial charge >= 0.3 is 12.1 Å². The second-order valence-corrected chi connectivity index (χ2v) is 8.48. The SMILES string of the molecule is NC1C(C(=O)OCC2c3ccccc3-c3ccccc32)CCN1C(=O)OCc1ccccc1. The van der Waals surface area contributed by atoms with E-state index in [0.29, 0.717) is 13.0 Å². The Balaban J connectivity index is 1.20. The molecule has 3 aromatic rings. The van der Waals surface area contributed by atoms with Crippen LogP contribution in [0.25, 0.3) is 11.1 Å². The van der Waals surface area contributed by atoms with Crippen LogP contribution in [0.5, 0.6) is 0 Å². The fourth-order valence-electron chi connectivity index (χ4n) is 4.80. The molecular formula is C27H26N2O4. The molecule has 3 aromatic carbocycles. The van der Waals surface area contributed by atoms with Gasteiger partial charge in [-0.1, -0.05) is 78.9 Å². The predicted octanol–water partition coefficient (Wildman–Crippen LogP) is 4.29. The van der Waals surface area contributed by atoms with Crippen LogP contribution in [0.2, 0.25) is 0 Å². The Kier molecular flexibility index (Phi) is 5.84. The summed E-state index contributed by atoms with van der Waals surface area (Å²) >= 11 is 0. The number of amides is 1. The molecule has 33 heavy (non-hydrogen) atoms. The highest BCUT2D eigenvalue weighted by atomic mass is 16.6. The van der Waals surface area contributed by atoms with Gasteiger partial charge in [-0.25, -0.2) is 4.79 Å². The van der Waals surface area contributed by atoms with Crippen molar-refractivity contribution in [3.05, 3.63) is 95.6 Å². The van der Waals surface area contributed by atoms with Gasteiger partial charge in [-0.05, 0) is 34.2 Å². The van der Waals surface area contributed by atoms with E-state index in [4.69, 9.17) is 15.2 Å². The number of benzene rings is 3. The Morgan fingerprint density at radius 1 is 0.848 bits per heavy atom. The molecule has 1 aliphatic carbocycles. The lowest BCUT2D eigenvalue weighted by molar-refractivity contribution is -0.149. The molecule has 1 fully saturated rings. The molecule has 1 aliphatic heterocycles. The minimum absolute atomic E-state index is 0.00841. The summed E-state index contributed by atoms with van der Waals surface area (Å²) in [5.41, 5.74) is 11.8. The third-order valence-electron chi connectivity index (χ3n) is 6.55. The summed E-state index contributed by atoms with van der Waals surface area (Å²) in [5, 5.41) is 0. The highest BCUT2D eigenvalue weighted by molar-refractivity contribution is 5.80. The Morgan fingerprint density at radius 2 is 1.45 bits per heavy atom. The number of hydrogen-bond acceptors (Lipinski definition) is 5. The summed E-state index contributed by atoms with van der Waals surface area (Å²) in [7, 11) is 0. The third kappa shape index (κ3) is 4.10. The first-order valence-corrected chi connectivity index (χ1v) is 11.2. The van der Waals surface area contributed by atoms with E-state index in [1.54, 1.807) is 0 Å².